The smallest absolute Gasteiger partial charge is 0.458 e. The van der Waals surface area contributed by atoms with Crippen LogP contribution in [0.15, 0.2) is 11.1 Å². The molecule has 0 aromatic rings. The van der Waals surface area contributed by atoms with Gasteiger partial charge in [-0.2, -0.15) is 0 Å². The minimum Gasteiger partial charge on any atom is -0.458 e. The van der Waals surface area contributed by atoms with Gasteiger partial charge in [-0.3, -0.25) is 0 Å². The maximum absolute atomic E-state index is 13.0. The molecule has 36 heavy (non-hydrogen) atoms. The summed E-state index contributed by atoms with van der Waals surface area (Å²) < 4.78 is 30.5. The van der Waals surface area contributed by atoms with Crippen LogP contribution in [0.25, 0.3) is 0 Å². The Labute approximate surface area is 219 Å². The summed E-state index contributed by atoms with van der Waals surface area (Å²) in [5.41, 5.74) is 6.41. The quantitative estimate of drug-likeness (QED) is 0.214. The molecule has 0 radical (unpaired) electrons. The Balaban J connectivity index is 1.17. The van der Waals surface area contributed by atoms with Crippen molar-refractivity contribution in [2.24, 2.45) is 34.3 Å². The van der Waals surface area contributed by atoms with Gasteiger partial charge in [0.1, 0.15) is 24.4 Å². The number of epoxide rings is 2. The number of nitrogens with two attached hydrogens (primary N) is 1. The number of hydrogen-bond donors (Lipinski definition) is 1. The molecule has 3 aliphatic heterocycles. The molecular weight excluding hydrogens is 502 g/mol. The highest BCUT2D eigenvalue weighted by molar-refractivity contribution is 8.76. The highest BCUT2D eigenvalue weighted by Crippen LogP contribution is 2.90. The standard InChI is InChI=1S/C26H35NO7S2/c1-13(2)25-19(34-25)17-11-24(17)23(3)5-4-14-15(12-31-20(14)28)16(23)10-18-26(24,33-18)21(25)32-22(29)30-7-9-36-35-8-6-27/h13,16-19,21H,4-12,27H2,1-3H3/t16?,17?,18-,19-,21+,23-,24?,25-,26+/m0/s1. The normalized spacial score (nSPS) is 48.6. The number of esters is 1. The van der Waals surface area contributed by atoms with Gasteiger partial charge in [-0.05, 0) is 54.4 Å². The molecule has 7 aliphatic rings. The Morgan fingerprint density at radius 1 is 1.25 bits per heavy atom. The van der Waals surface area contributed by atoms with Crippen molar-refractivity contribution in [2.75, 3.05) is 31.3 Å². The van der Waals surface area contributed by atoms with Crippen molar-refractivity contribution < 1.29 is 33.3 Å². The van der Waals surface area contributed by atoms with Gasteiger partial charge in [-0.15, -0.1) is 0 Å². The fourth-order valence-electron chi connectivity index (χ4n) is 9.13. The Bertz CT molecular complexity index is 1050. The van der Waals surface area contributed by atoms with Crippen molar-refractivity contribution >= 4 is 33.7 Å². The van der Waals surface area contributed by atoms with Gasteiger partial charge in [-0.1, -0.05) is 42.4 Å². The highest BCUT2D eigenvalue weighted by Gasteiger charge is 2.99. The minimum atomic E-state index is -0.632. The molecule has 2 N–H and O–H groups in total. The Kier molecular flexibility index (Phi) is 5.23. The predicted octanol–water partition coefficient (Wildman–Crippen LogP) is 3.47. The van der Waals surface area contributed by atoms with Crippen LogP contribution in [0.2, 0.25) is 0 Å². The van der Waals surface area contributed by atoms with E-state index >= 15 is 0 Å². The summed E-state index contributed by atoms with van der Waals surface area (Å²) in [5, 5.41) is 0. The fraction of sp³-hybridized carbons (Fsp3) is 0.846. The molecule has 10 heteroatoms. The lowest BCUT2D eigenvalue weighted by atomic mass is 9.45. The van der Waals surface area contributed by atoms with Gasteiger partial charge in [0, 0.05) is 29.0 Å². The predicted molar refractivity (Wildman–Crippen MR) is 134 cm³/mol. The van der Waals surface area contributed by atoms with Crippen molar-refractivity contribution in [2.45, 2.75) is 76.0 Å². The number of carbonyl (C=O) groups excluding carboxylic acids is 2. The third-order valence-electron chi connectivity index (χ3n) is 10.7. The molecule has 3 heterocycles. The monoisotopic (exact) mass is 537 g/mol. The first-order valence-corrected chi connectivity index (χ1v) is 15.8. The Hall–Kier alpha value is -0.940. The van der Waals surface area contributed by atoms with Gasteiger partial charge >= 0.3 is 12.1 Å². The van der Waals surface area contributed by atoms with Gasteiger partial charge < -0.3 is 29.4 Å². The molecule has 9 atom stereocenters. The second-order valence-electron chi connectivity index (χ2n) is 12.0. The first-order chi connectivity index (χ1) is 17.3. The van der Waals surface area contributed by atoms with Gasteiger partial charge in [0.2, 0.25) is 0 Å². The second kappa shape index (κ2) is 7.81. The molecule has 3 unspecified atom stereocenters. The van der Waals surface area contributed by atoms with Crippen molar-refractivity contribution in [3.05, 3.63) is 11.1 Å². The summed E-state index contributed by atoms with van der Waals surface area (Å²) in [5.74, 6) is 2.27. The molecule has 7 rings (SSSR count). The molecule has 0 aromatic carbocycles. The first kappa shape index (κ1) is 24.1. The number of ether oxygens (including phenoxy) is 5. The zero-order chi connectivity index (χ0) is 25.1. The number of hydrogen-bond acceptors (Lipinski definition) is 10. The van der Waals surface area contributed by atoms with Crippen molar-refractivity contribution in [1.82, 2.24) is 0 Å². The highest BCUT2D eigenvalue weighted by atomic mass is 33.1. The van der Waals surface area contributed by atoms with E-state index in [9.17, 15) is 9.59 Å². The van der Waals surface area contributed by atoms with Gasteiger partial charge in [0.15, 0.2) is 6.10 Å². The van der Waals surface area contributed by atoms with Crippen LogP contribution in [0.4, 0.5) is 4.79 Å². The molecule has 2 saturated heterocycles. The lowest BCUT2D eigenvalue weighted by Crippen LogP contribution is -2.65. The SMILES string of the molecule is CC(C)[C@]12O[C@H]1C1CC13[C@]1(O[C@H]1CC1C4=C(CC[C@@]13C)C(=O)OC4)[C@@H]2OC(=O)OCCSSCCN. The van der Waals surface area contributed by atoms with Gasteiger partial charge in [0.05, 0.1) is 12.2 Å². The zero-order valence-corrected chi connectivity index (χ0v) is 22.7. The van der Waals surface area contributed by atoms with E-state index in [0.29, 0.717) is 31.4 Å². The molecule has 198 valence electrons. The van der Waals surface area contributed by atoms with Crippen molar-refractivity contribution in [3.8, 4) is 0 Å². The summed E-state index contributed by atoms with van der Waals surface area (Å²) in [7, 11) is 3.33. The third-order valence-corrected chi connectivity index (χ3v) is 13.1. The van der Waals surface area contributed by atoms with Crippen LogP contribution in [0.1, 0.15) is 46.5 Å². The molecule has 3 saturated carbocycles. The van der Waals surface area contributed by atoms with Gasteiger partial charge in [0.25, 0.3) is 0 Å². The van der Waals surface area contributed by atoms with Crippen LogP contribution in [0.5, 0.6) is 0 Å². The van der Waals surface area contributed by atoms with E-state index < -0.39 is 23.5 Å². The van der Waals surface area contributed by atoms with E-state index in [2.05, 4.69) is 20.8 Å². The van der Waals surface area contributed by atoms with Crippen LogP contribution >= 0.6 is 21.6 Å². The first-order valence-electron chi connectivity index (χ1n) is 13.3. The minimum absolute atomic E-state index is 0.00933. The van der Waals surface area contributed by atoms with Crippen LogP contribution in [0, 0.1) is 28.6 Å². The summed E-state index contributed by atoms with van der Waals surface area (Å²) in [6.45, 7) is 8.04. The van der Waals surface area contributed by atoms with Crippen LogP contribution in [0.3, 0.4) is 0 Å². The summed E-state index contributed by atoms with van der Waals surface area (Å²) in [4.78, 5) is 25.3. The topological polar surface area (TPSA) is 113 Å². The maximum Gasteiger partial charge on any atom is 0.508 e. The Morgan fingerprint density at radius 3 is 2.83 bits per heavy atom. The van der Waals surface area contributed by atoms with Crippen LogP contribution in [-0.4, -0.2) is 72.9 Å². The van der Waals surface area contributed by atoms with E-state index in [1.165, 1.54) is 5.57 Å². The van der Waals surface area contributed by atoms with E-state index in [-0.39, 0.29) is 40.8 Å². The lowest BCUT2D eigenvalue weighted by Gasteiger charge is -2.56. The van der Waals surface area contributed by atoms with E-state index in [4.69, 9.17) is 29.4 Å². The number of cyclic esters (lactones) is 1. The summed E-state index contributed by atoms with van der Waals surface area (Å²) >= 11 is 0. The maximum atomic E-state index is 13.0. The van der Waals surface area contributed by atoms with Crippen molar-refractivity contribution in [1.29, 1.82) is 0 Å². The zero-order valence-electron chi connectivity index (χ0n) is 21.1. The number of carbonyl (C=O) groups is 2. The Morgan fingerprint density at radius 2 is 2.06 bits per heavy atom. The lowest BCUT2D eigenvalue weighted by molar-refractivity contribution is -0.136. The average Bonchev–Trinajstić information content (AvgIpc) is 3.75. The average molecular weight is 538 g/mol. The number of fused-ring (bicyclic) bond motifs is 4. The van der Waals surface area contributed by atoms with Crippen LogP contribution < -0.4 is 5.73 Å². The largest absolute Gasteiger partial charge is 0.508 e. The fourth-order valence-corrected chi connectivity index (χ4v) is 10.8. The third kappa shape index (κ3) is 2.75. The molecule has 5 fully saturated rings. The molecule has 8 nitrogen and oxygen atoms in total. The van der Waals surface area contributed by atoms with Gasteiger partial charge in [-0.25, -0.2) is 9.59 Å². The van der Waals surface area contributed by atoms with E-state index in [1.54, 1.807) is 21.6 Å². The molecule has 0 aromatic heterocycles. The molecule has 2 spiro atoms. The van der Waals surface area contributed by atoms with Crippen LogP contribution in [-0.2, 0) is 28.5 Å². The molecule has 0 bridgehead atoms. The van der Waals surface area contributed by atoms with E-state index in [0.717, 1.165) is 37.0 Å². The van der Waals surface area contributed by atoms with E-state index in [1.807, 2.05) is 0 Å². The molecular formula is C26H35NO7S2. The van der Waals surface area contributed by atoms with Crippen molar-refractivity contribution in [3.63, 3.8) is 0 Å². The summed E-state index contributed by atoms with van der Waals surface area (Å²) in [6, 6.07) is 0. The second-order valence-corrected chi connectivity index (χ2v) is 14.7. The molecule has 0 amide bonds. The molecule has 4 aliphatic carbocycles. The summed E-state index contributed by atoms with van der Waals surface area (Å²) in [6.07, 6.45) is 2.49. The number of rotatable bonds is 8.